The van der Waals surface area contributed by atoms with Gasteiger partial charge in [-0.05, 0) is 72.0 Å². The topological polar surface area (TPSA) is 50.1 Å². The fourth-order valence-corrected chi connectivity index (χ4v) is 3.36. The molecule has 0 aliphatic carbocycles. The van der Waals surface area contributed by atoms with Crippen LogP contribution < -0.4 is 0 Å². The SMILES string of the molecule is CN(C)C1CCCN(Cc2nnnn2-c2ccccc2Br)C1. The molecule has 2 aromatic rings. The fourth-order valence-electron chi connectivity index (χ4n) is 2.91. The number of hydrogen-bond donors (Lipinski definition) is 0. The van der Waals surface area contributed by atoms with E-state index in [9.17, 15) is 0 Å². The number of nitrogens with zero attached hydrogens (tertiary/aromatic N) is 6. The van der Waals surface area contributed by atoms with Crippen LogP contribution in [0.2, 0.25) is 0 Å². The molecule has 1 aliphatic rings. The second kappa shape index (κ2) is 6.85. The van der Waals surface area contributed by atoms with Gasteiger partial charge in [0.1, 0.15) is 0 Å². The summed E-state index contributed by atoms with van der Waals surface area (Å²) in [6.07, 6.45) is 2.48. The number of para-hydroxylation sites is 1. The number of likely N-dealkylation sites (N-methyl/N-ethyl adjacent to an activating group) is 1. The highest BCUT2D eigenvalue weighted by atomic mass is 79.9. The molecule has 22 heavy (non-hydrogen) atoms. The molecule has 1 aromatic heterocycles. The number of tetrazole rings is 1. The summed E-state index contributed by atoms with van der Waals surface area (Å²) in [4.78, 5) is 4.75. The van der Waals surface area contributed by atoms with E-state index < -0.39 is 0 Å². The number of rotatable bonds is 4. The highest BCUT2D eigenvalue weighted by Gasteiger charge is 2.23. The predicted molar refractivity (Wildman–Crippen MR) is 88.8 cm³/mol. The molecule has 118 valence electrons. The molecule has 0 amide bonds. The zero-order valence-electron chi connectivity index (χ0n) is 13.0. The van der Waals surface area contributed by atoms with Crippen LogP contribution >= 0.6 is 15.9 Å². The third-order valence-electron chi connectivity index (χ3n) is 4.19. The lowest BCUT2D eigenvalue weighted by atomic mass is 10.1. The van der Waals surface area contributed by atoms with Crippen LogP contribution in [0, 0.1) is 0 Å². The molecule has 1 aromatic carbocycles. The molecule has 3 rings (SSSR count). The molecule has 1 saturated heterocycles. The lowest BCUT2D eigenvalue weighted by Gasteiger charge is -2.35. The molecule has 0 saturated carbocycles. The molecule has 2 heterocycles. The molecule has 0 bridgehead atoms. The smallest absolute Gasteiger partial charge is 0.170 e. The standard InChI is InChI=1S/C15H21BrN6/c1-20(2)12-6-5-9-21(10-12)11-15-17-18-19-22(15)14-8-4-3-7-13(14)16/h3-4,7-8,12H,5-6,9-11H2,1-2H3. The summed E-state index contributed by atoms with van der Waals surface area (Å²) in [6.45, 7) is 2.95. The summed E-state index contributed by atoms with van der Waals surface area (Å²) in [5, 5.41) is 12.2. The molecule has 1 unspecified atom stereocenters. The molecule has 0 spiro atoms. The fraction of sp³-hybridized carbons (Fsp3) is 0.533. The first-order valence-electron chi connectivity index (χ1n) is 7.56. The zero-order valence-corrected chi connectivity index (χ0v) is 14.6. The van der Waals surface area contributed by atoms with Crippen molar-refractivity contribution >= 4 is 15.9 Å². The van der Waals surface area contributed by atoms with Crippen LogP contribution in [0.3, 0.4) is 0 Å². The number of hydrogen-bond acceptors (Lipinski definition) is 5. The molecule has 6 nitrogen and oxygen atoms in total. The van der Waals surface area contributed by atoms with E-state index in [1.807, 2.05) is 28.9 Å². The maximum atomic E-state index is 4.22. The Labute approximate surface area is 139 Å². The van der Waals surface area contributed by atoms with E-state index in [0.717, 1.165) is 35.6 Å². The maximum Gasteiger partial charge on any atom is 0.170 e. The zero-order chi connectivity index (χ0) is 15.5. The minimum Gasteiger partial charge on any atom is -0.305 e. The van der Waals surface area contributed by atoms with E-state index in [-0.39, 0.29) is 0 Å². The summed E-state index contributed by atoms with van der Waals surface area (Å²) >= 11 is 3.57. The van der Waals surface area contributed by atoms with E-state index >= 15 is 0 Å². The monoisotopic (exact) mass is 364 g/mol. The van der Waals surface area contributed by atoms with Gasteiger partial charge in [-0.1, -0.05) is 12.1 Å². The van der Waals surface area contributed by atoms with Crippen LogP contribution in [-0.2, 0) is 6.54 Å². The molecule has 1 atom stereocenters. The Kier molecular flexibility index (Phi) is 4.85. The first kappa shape index (κ1) is 15.6. The van der Waals surface area contributed by atoms with Crippen LogP contribution in [0.1, 0.15) is 18.7 Å². The Bertz CT molecular complexity index is 626. The Hall–Kier alpha value is -1.31. The van der Waals surface area contributed by atoms with Crippen LogP contribution in [0.25, 0.3) is 5.69 Å². The molecule has 1 aliphatic heterocycles. The van der Waals surface area contributed by atoms with Gasteiger partial charge in [-0.2, -0.15) is 4.68 Å². The predicted octanol–water partition coefficient (Wildman–Crippen LogP) is 1.95. The van der Waals surface area contributed by atoms with Crippen molar-refractivity contribution in [2.45, 2.75) is 25.4 Å². The quantitative estimate of drug-likeness (QED) is 0.829. The van der Waals surface area contributed by atoms with Crippen molar-refractivity contribution in [3.63, 3.8) is 0 Å². The number of aromatic nitrogens is 4. The third-order valence-corrected chi connectivity index (χ3v) is 4.86. The largest absolute Gasteiger partial charge is 0.305 e. The van der Waals surface area contributed by atoms with Gasteiger partial charge in [-0.15, -0.1) is 5.10 Å². The number of piperidine rings is 1. The Balaban J connectivity index is 1.77. The Morgan fingerprint density at radius 3 is 2.91 bits per heavy atom. The average molecular weight is 365 g/mol. The lowest BCUT2D eigenvalue weighted by molar-refractivity contribution is 0.125. The Morgan fingerprint density at radius 1 is 1.32 bits per heavy atom. The van der Waals surface area contributed by atoms with Crippen molar-refractivity contribution in [3.05, 3.63) is 34.6 Å². The molecule has 7 heteroatoms. The van der Waals surface area contributed by atoms with Gasteiger partial charge in [-0.25, -0.2) is 0 Å². The van der Waals surface area contributed by atoms with Crippen molar-refractivity contribution < 1.29 is 0 Å². The highest BCUT2D eigenvalue weighted by molar-refractivity contribution is 9.10. The van der Waals surface area contributed by atoms with Gasteiger partial charge in [0.05, 0.1) is 12.2 Å². The van der Waals surface area contributed by atoms with Crippen molar-refractivity contribution in [1.82, 2.24) is 30.0 Å². The Morgan fingerprint density at radius 2 is 2.14 bits per heavy atom. The van der Waals surface area contributed by atoms with Crippen molar-refractivity contribution in [3.8, 4) is 5.69 Å². The van der Waals surface area contributed by atoms with Gasteiger partial charge >= 0.3 is 0 Å². The minimum absolute atomic E-state index is 0.613. The van der Waals surface area contributed by atoms with Gasteiger partial charge in [0.2, 0.25) is 0 Å². The van der Waals surface area contributed by atoms with Gasteiger partial charge in [0.15, 0.2) is 5.82 Å². The molecule has 0 radical (unpaired) electrons. The van der Waals surface area contributed by atoms with Crippen molar-refractivity contribution in [2.75, 3.05) is 27.2 Å². The van der Waals surface area contributed by atoms with Gasteiger partial charge in [-0.3, -0.25) is 4.90 Å². The highest BCUT2D eigenvalue weighted by Crippen LogP contribution is 2.21. The van der Waals surface area contributed by atoms with Gasteiger partial charge < -0.3 is 4.90 Å². The summed E-state index contributed by atoms with van der Waals surface area (Å²) in [7, 11) is 4.30. The third kappa shape index (κ3) is 3.37. The van der Waals surface area contributed by atoms with Crippen LogP contribution in [-0.4, -0.2) is 63.2 Å². The summed E-state index contributed by atoms with van der Waals surface area (Å²) in [6, 6.07) is 8.62. The minimum atomic E-state index is 0.613. The summed E-state index contributed by atoms with van der Waals surface area (Å²) < 4.78 is 2.82. The van der Waals surface area contributed by atoms with Crippen LogP contribution in [0.15, 0.2) is 28.7 Å². The van der Waals surface area contributed by atoms with E-state index in [2.05, 4.69) is 55.4 Å². The van der Waals surface area contributed by atoms with E-state index in [1.165, 1.54) is 12.8 Å². The molecular formula is C15H21BrN6. The second-order valence-electron chi connectivity index (χ2n) is 5.95. The van der Waals surface area contributed by atoms with E-state index in [4.69, 9.17) is 0 Å². The second-order valence-corrected chi connectivity index (χ2v) is 6.81. The molecular weight excluding hydrogens is 344 g/mol. The average Bonchev–Trinajstić information content (AvgIpc) is 2.96. The van der Waals surface area contributed by atoms with Crippen molar-refractivity contribution in [1.29, 1.82) is 0 Å². The number of likely N-dealkylation sites (tertiary alicyclic amines) is 1. The summed E-state index contributed by atoms with van der Waals surface area (Å²) in [5.41, 5.74) is 0.976. The van der Waals surface area contributed by atoms with E-state index in [0.29, 0.717) is 6.04 Å². The first-order valence-corrected chi connectivity index (χ1v) is 8.35. The normalized spacial score (nSPS) is 19.7. The molecule has 1 fully saturated rings. The number of halogens is 1. The van der Waals surface area contributed by atoms with E-state index in [1.54, 1.807) is 0 Å². The van der Waals surface area contributed by atoms with Crippen molar-refractivity contribution in [2.24, 2.45) is 0 Å². The van der Waals surface area contributed by atoms with Gasteiger partial charge in [0, 0.05) is 17.1 Å². The summed E-state index contributed by atoms with van der Waals surface area (Å²) in [5.74, 6) is 0.881. The van der Waals surface area contributed by atoms with Gasteiger partial charge in [0.25, 0.3) is 0 Å². The first-order chi connectivity index (χ1) is 10.6. The number of benzene rings is 1. The maximum absolute atomic E-state index is 4.22. The lowest BCUT2D eigenvalue weighted by Crippen LogP contribution is -2.44. The van der Waals surface area contributed by atoms with Crippen LogP contribution in [0.5, 0.6) is 0 Å². The van der Waals surface area contributed by atoms with Crippen LogP contribution in [0.4, 0.5) is 0 Å². The molecule has 0 N–H and O–H groups in total.